The van der Waals surface area contributed by atoms with Crippen molar-refractivity contribution in [2.24, 2.45) is 4.99 Å². The minimum atomic E-state index is -0.101. The van der Waals surface area contributed by atoms with E-state index >= 15 is 0 Å². The van der Waals surface area contributed by atoms with Crippen molar-refractivity contribution >= 4 is 41.7 Å². The van der Waals surface area contributed by atoms with Crippen molar-refractivity contribution in [2.45, 2.75) is 33.7 Å². The van der Waals surface area contributed by atoms with Crippen LogP contribution in [0.15, 0.2) is 53.5 Å². The summed E-state index contributed by atoms with van der Waals surface area (Å²) in [7, 11) is 1.71. The largest absolute Gasteiger partial charge is 0.356 e. The van der Waals surface area contributed by atoms with E-state index in [1.54, 1.807) is 13.1 Å². The maximum Gasteiger partial charge on any atom is 0.227 e. The Morgan fingerprint density at radius 3 is 2.50 bits per heavy atom. The summed E-state index contributed by atoms with van der Waals surface area (Å²) in [6.07, 6.45) is 0.304. The van der Waals surface area contributed by atoms with Crippen LogP contribution in [0.1, 0.15) is 29.1 Å². The van der Waals surface area contributed by atoms with Crippen molar-refractivity contribution < 1.29 is 4.79 Å². The molecule has 2 heterocycles. The van der Waals surface area contributed by atoms with E-state index in [-0.39, 0.29) is 29.9 Å². The Labute approximate surface area is 206 Å². The molecule has 0 aliphatic rings. The Kier molecular flexibility index (Phi) is 9.63. The van der Waals surface area contributed by atoms with Gasteiger partial charge in [-0.3, -0.25) is 9.79 Å². The highest BCUT2D eigenvalue weighted by Gasteiger charge is 2.10. The van der Waals surface area contributed by atoms with Crippen LogP contribution in [0.4, 0.5) is 5.82 Å². The van der Waals surface area contributed by atoms with E-state index in [0.29, 0.717) is 31.3 Å². The number of amides is 1. The van der Waals surface area contributed by atoms with Crippen LogP contribution in [-0.2, 0) is 11.3 Å². The number of aryl methyl sites for hydroxylation is 3. The van der Waals surface area contributed by atoms with Crippen LogP contribution in [0.5, 0.6) is 0 Å². The smallest absolute Gasteiger partial charge is 0.227 e. The molecular formula is C23H30IN7O. The number of rotatable bonds is 7. The highest BCUT2D eigenvalue weighted by Crippen LogP contribution is 2.16. The third kappa shape index (κ3) is 7.04. The number of nitrogens with zero attached hydrogens (tertiary/aromatic N) is 4. The summed E-state index contributed by atoms with van der Waals surface area (Å²) in [5.41, 5.74) is 5.06. The number of anilines is 1. The molecule has 0 unspecified atom stereocenters. The third-order valence-electron chi connectivity index (χ3n) is 4.70. The Morgan fingerprint density at radius 1 is 1.03 bits per heavy atom. The number of carbonyl (C=O) groups excluding carboxylic acids is 1. The molecule has 2 aromatic heterocycles. The molecule has 0 radical (unpaired) electrons. The van der Waals surface area contributed by atoms with Gasteiger partial charge in [-0.1, -0.05) is 24.3 Å². The van der Waals surface area contributed by atoms with Gasteiger partial charge in [-0.15, -0.1) is 24.0 Å². The van der Waals surface area contributed by atoms with Gasteiger partial charge in [0.25, 0.3) is 0 Å². The molecule has 170 valence electrons. The van der Waals surface area contributed by atoms with Gasteiger partial charge in [0.15, 0.2) is 5.96 Å². The second-order valence-corrected chi connectivity index (χ2v) is 7.28. The van der Waals surface area contributed by atoms with Crippen LogP contribution in [-0.4, -0.2) is 40.2 Å². The Bertz CT molecular complexity index is 1080. The van der Waals surface area contributed by atoms with Crippen molar-refractivity contribution in [3.05, 3.63) is 71.2 Å². The van der Waals surface area contributed by atoms with E-state index in [0.717, 1.165) is 28.3 Å². The number of nitrogens with one attached hydrogen (secondary N) is 3. The third-order valence-corrected chi connectivity index (χ3v) is 4.70. The monoisotopic (exact) mass is 547 g/mol. The lowest BCUT2D eigenvalue weighted by Gasteiger charge is -2.15. The van der Waals surface area contributed by atoms with Gasteiger partial charge in [0.1, 0.15) is 5.82 Å². The van der Waals surface area contributed by atoms with E-state index in [2.05, 4.69) is 49.2 Å². The van der Waals surface area contributed by atoms with Gasteiger partial charge in [0, 0.05) is 37.9 Å². The molecule has 0 aliphatic heterocycles. The molecule has 0 spiro atoms. The number of carbonyl (C=O) groups is 1. The number of pyridine rings is 1. The molecule has 0 saturated carbocycles. The zero-order chi connectivity index (χ0) is 22.2. The average Bonchev–Trinajstić information content (AvgIpc) is 3.08. The van der Waals surface area contributed by atoms with Crippen molar-refractivity contribution in [1.82, 2.24) is 25.4 Å². The van der Waals surface area contributed by atoms with Gasteiger partial charge < -0.3 is 16.0 Å². The van der Waals surface area contributed by atoms with Gasteiger partial charge in [0.2, 0.25) is 5.91 Å². The molecule has 32 heavy (non-hydrogen) atoms. The Balaban J connectivity index is 0.00000363. The predicted octanol–water partition coefficient (Wildman–Crippen LogP) is 3.50. The fourth-order valence-electron chi connectivity index (χ4n) is 3.25. The molecule has 3 N–H and O–H groups in total. The minimum absolute atomic E-state index is 0. The molecule has 0 saturated heterocycles. The molecular weight excluding hydrogens is 517 g/mol. The van der Waals surface area contributed by atoms with E-state index in [1.807, 2.05) is 49.7 Å². The highest BCUT2D eigenvalue weighted by molar-refractivity contribution is 14.0. The Hall–Kier alpha value is -2.95. The number of benzene rings is 1. The van der Waals surface area contributed by atoms with Crippen LogP contribution in [0.3, 0.4) is 0 Å². The summed E-state index contributed by atoms with van der Waals surface area (Å²) in [5, 5.41) is 13.9. The van der Waals surface area contributed by atoms with Gasteiger partial charge in [-0.25, -0.2) is 9.67 Å². The summed E-state index contributed by atoms with van der Waals surface area (Å²) in [6, 6.07) is 15.7. The molecule has 9 heteroatoms. The first kappa shape index (κ1) is 25.3. The van der Waals surface area contributed by atoms with Crippen LogP contribution in [0.2, 0.25) is 0 Å². The number of para-hydroxylation sites is 1. The maximum atomic E-state index is 12.1. The number of guanidine groups is 1. The fourth-order valence-corrected chi connectivity index (χ4v) is 3.25. The lowest BCUT2D eigenvalue weighted by molar-refractivity contribution is -0.116. The zero-order valence-corrected chi connectivity index (χ0v) is 21.2. The summed E-state index contributed by atoms with van der Waals surface area (Å²) < 4.78 is 1.95. The topological polar surface area (TPSA) is 96.2 Å². The number of halogens is 1. The Morgan fingerprint density at radius 2 is 1.81 bits per heavy atom. The molecule has 1 aromatic carbocycles. The normalized spacial score (nSPS) is 10.9. The predicted molar refractivity (Wildman–Crippen MR) is 139 cm³/mol. The molecule has 3 rings (SSSR count). The van der Waals surface area contributed by atoms with E-state index in [9.17, 15) is 4.79 Å². The van der Waals surface area contributed by atoms with Crippen molar-refractivity contribution in [3.8, 4) is 5.69 Å². The number of hydrogen-bond acceptors (Lipinski definition) is 4. The second kappa shape index (κ2) is 12.2. The highest BCUT2D eigenvalue weighted by atomic mass is 127. The van der Waals surface area contributed by atoms with E-state index in [4.69, 9.17) is 0 Å². The maximum absolute atomic E-state index is 12.1. The van der Waals surface area contributed by atoms with Crippen LogP contribution in [0, 0.1) is 20.8 Å². The summed E-state index contributed by atoms with van der Waals surface area (Å²) in [4.78, 5) is 20.7. The van der Waals surface area contributed by atoms with E-state index in [1.165, 1.54) is 0 Å². The lowest BCUT2D eigenvalue weighted by Crippen LogP contribution is -2.38. The van der Waals surface area contributed by atoms with Crippen LogP contribution in [0.25, 0.3) is 5.69 Å². The second-order valence-electron chi connectivity index (χ2n) is 7.28. The quantitative estimate of drug-likeness (QED) is 0.239. The number of hydrogen-bond donors (Lipinski definition) is 3. The molecule has 8 nitrogen and oxygen atoms in total. The first-order chi connectivity index (χ1) is 15.0. The molecule has 0 fully saturated rings. The molecule has 1 amide bonds. The average molecular weight is 547 g/mol. The first-order valence-electron chi connectivity index (χ1n) is 10.3. The van der Waals surface area contributed by atoms with E-state index < -0.39 is 0 Å². The van der Waals surface area contributed by atoms with Gasteiger partial charge in [0.05, 0.1) is 11.4 Å². The minimum Gasteiger partial charge on any atom is -0.356 e. The molecule has 0 aliphatic carbocycles. The zero-order valence-electron chi connectivity index (χ0n) is 18.8. The summed E-state index contributed by atoms with van der Waals surface area (Å²) in [5.74, 6) is 1.09. The summed E-state index contributed by atoms with van der Waals surface area (Å²) >= 11 is 0. The van der Waals surface area contributed by atoms with Crippen molar-refractivity contribution in [1.29, 1.82) is 0 Å². The van der Waals surface area contributed by atoms with Crippen molar-refractivity contribution in [2.75, 3.05) is 18.9 Å². The summed E-state index contributed by atoms with van der Waals surface area (Å²) in [6.45, 7) is 6.95. The first-order valence-corrected chi connectivity index (χ1v) is 10.3. The fraction of sp³-hybridized carbons (Fsp3) is 0.304. The van der Waals surface area contributed by atoms with Crippen LogP contribution >= 0.6 is 24.0 Å². The number of aliphatic imine (C=N–C) groups is 1. The van der Waals surface area contributed by atoms with Gasteiger partial charge in [-0.2, -0.15) is 5.10 Å². The van der Waals surface area contributed by atoms with Gasteiger partial charge in [-0.05, 0) is 50.6 Å². The SMILES string of the molecule is CN=C(NCCC(=O)Nc1cccc(C)n1)NCc1ccccc1-n1nc(C)cc1C.I. The number of aromatic nitrogens is 3. The molecule has 3 aromatic rings. The lowest BCUT2D eigenvalue weighted by atomic mass is 10.1. The molecule has 0 atom stereocenters. The van der Waals surface area contributed by atoms with Crippen LogP contribution < -0.4 is 16.0 Å². The standard InChI is InChI=1S/C23H29N7O.HI/c1-16-8-7-11-21(27-16)28-22(31)12-13-25-23(24-4)26-15-19-9-5-6-10-20(19)30-18(3)14-17(2)29-30;/h5-11,14H,12-13,15H2,1-4H3,(H2,24,25,26)(H,27,28,31);1H. The van der Waals surface area contributed by atoms with Gasteiger partial charge >= 0.3 is 0 Å². The molecule has 0 bridgehead atoms. The van der Waals surface area contributed by atoms with Crippen molar-refractivity contribution in [3.63, 3.8) is 0 Å².